The Bertz CT molecular complexity index is 664. The second-order valence-corrected chi connectivity index (χ2v) is 4.53. The predicted octanol–water partition coefficient (Wildman–Crippen LogP) is 2.95. The van der Waals surface area contributed by atoms with Crippen LogP contribution in [0.4, 0.5) is 16.2 Å². The van der Waals surface area contributed by atoms with Gasteiger partial charge in [-0.15, -0.1) is 0 Å². The molecule has 0 fully saturated rings. The summed E-state index contributed by atoms with van der Waals surface area (Å²) in [6, 6.07) is 14.6. The smallest absolute Gasteiger partial charge is 0.320 e. The highest BCUT2D eigenvalue weighted by Crippen LogP contribution is 2.11. The summed E-state index contributed by atoms with van der Waals surface area (Å²) in [4.78, 5) is 11.9. The lowest BCUT2D eigenvalue weighted by Crippen LogP contribution is -2.19. The van der Waals surface area contributed by atoms with Crippen LogP contribution in [0.25, 0.3) is 0 Å². The first-order chi connectivity index (χ1) is 10.2. The monoisotopic (exact) mass is 279 g/mol. The molecule has 21 heavy (non-hydrogen) atoms. The number of nitrogens with two attached hydrogens (primary N) is 1. The Morgan fingerprint density at radius 2 is 1.52 bits per heavy atom. The number of benzene rings is 2. The highest BCUT2D eigenvalue weighted by atomic mass is 16.2. The van der Waals surface area contributed by atoms with Gasteiger partial charge in [0.2, 0.25) is 0 Å². The van der Waals surface area contributed by atoms with E-state index in [2.05, 4.69) is 22.5 Å². The van der Waals surface area contributed by atoms with E-state index in [1.54, 1.807) is 12.1 Å². The maximum Gasteiger partial charge on any atom is 0.323 e. The number of carbonyl (C=O) groups is 1. The molecule has 0 atom stereocenters. The number of hydrogen-bond donors (Lipinski definition) is 3. The highest BCUT2D eigenvalue weighted by molar-refractivity contribution is 5.99. The van der Waals surface area contributed by atoms with Crippen molar-refractivity contribution in [1.29, 1.82) is 0 Å². The fraction of sp³-hybridized carbons (Fsp3) is 0.118. The number of hydrogen-bond acceptors (Lipinski definition) is 2. The maximum absolute atomic E-state index is 11.9. The molecule has 0 radical (unpaired) electrons. The first kappa shape index (κ1) is 14.6. The van der Waals surface area contributed by atoms with Crippen LogP contribution in [0.2, 0.25) is 0 Å². The fourth-order valence-electron chi connectivity index (χ4n) is 1.72. The minimum Gasteiger partial charge on any atom is -0.320 e. The van der Waals surface area contributed by atoms with E-state index in [-0.39, 0.29) is 6.03 Å². The molecule has 2 aromatic carbocycles. The summed E-state index contributed by atoms with van der Waals surface area (Å²) in [6.07, 6.45) is 0. The lowest BCUT2D eigenvalue weighted by molar-refractivity contribution is 0.262. The zero-order valence-corrected chi connectivity index (χ0v) is 11.8. The minimum absolute atomic E-state index is 0.278. The summed E-state index contributed by atoms with van der Waals surface area (Å²) >= 11 is 0. The molecule has 4 heteroatoms. The Morgan fingerprint density at radius 3 is 2.05 bits per heavy atom. The Morgan fingerprint density at radius 1 is 1.00 bits per heavy atom. The van der Waals surface area contributed by atoms with E-state index in [0.29, 0.717) is 12.2 Å². The molecule has 4 nitrogen and oxygen atoms in total. The van der Waals surface area contributed by atoms with Gasteiger partial charge in [-0.2, -0.15) is 0 Å². The molecule has 0 aliphatic heterocycles. The molecule has 0 aromatic heterocycles. The van der Waals surface area contributed by atoms with Gasteiger partial charge < -0.3 is 16.4 Å². The van der Waals surface area contributed by atoms with Gasteiger partial charge in [0.25, 0.3) is 0 Å². The lowest BCUT2D eigenvalue weighted by atomic mass is 10.2. The van der Waals surface area contributed by atoms with Crippen molar-refractivity contribution in [3.8, 4) is 11.8 Å². The van der Waals surface area contributed by atoms with Crippen molar-refractivity contribution in [2.75, 3.05) is 17.2 Å². The molecule has 0 spiro atoms. The molecule has 0 saturated carbocycles. The third kappa shape index (κ3) is 4.68. The van der Waals surface area contributed by atoms with Gasteiger partial charge in [-0.3, -0.25) is 0 Å². The Kier molecular flexibility index (Phi) is 4.97. The van der Waals surface area contributed by atoms with Crippen molar-refractivity contribution in [2.45, 2.75) is 6.92 Å². The lowest BCUT2D eigenvalue weighted by Gasteiger charge is -2.08. The van der Waals surface area contributed by atoms with Crippen LogP contribution in [0, 0.1) is 18.8 Å². The summed E-state index contributed by atoms with van der Waals surface area (Å²) in [5, 5.41) is 5.54. The molecule has 0 saturated heterocycles. The first-order valence-corrected chi connectivity index (χ1v) is 6.61. The second-order valence-electron chi connectivity index (χ2n) is 4.53. The van der Waals surface area contributed by atoms with Gasteiger partial charge in [0.15, 0.2) is 0 Å². The van der Waals surface area contributed by atoms with Crippen LogP contribution in [0.3, 0.4) is 0 Å². The Balaban J connectivity index is 1.94. The van der Waals surface area contributed by atoms with Crippen molar-refractivity contribution in [2.24, 2.45) is 5.73 Å². The predicted molar refractivity (Wildman–Crippen MR) is 86.2 cm³/mol. The van der Waals surface area contributed by atoms with Gasteiger partial charge in [-0.1, -0.05) is 29.5 Å². The number of amides is 2. The average Bonchev–Trinajstić information content (AvgIpc) is 2.49. The van der Waals surface area contributed by atoms with Gasteiger partial charge in [-0.05, 0) is 43.3 Å². The zero-order valence-electron chi connectivity index (χ0n) is 11.8. The summed E-state index contributed by atoms with van der Waals surface area (Å²) in [5.41, 5.74) is 8.79. The maximum atomic E-state index is 11.9. The fourth-order valence-corrected chi connectivity index (χ4v) is 1.72. The second kappa shape index (κ2) is 7.13. The van der Waals surface area contributed by atoms with Crippen molar-refractivity contribution in [3.63, 3.8) is 0 Å². The van der Waals surface area contributed by atoms with Crippen LogP contribution in [-0.4, -0.2) is 12.6 Å². The summed E-state index contributed by atoms with van der Waals surface area (Å²) in [7, 11) is 0. The normalized spacial score (nSPS) is 9.43. The Hall–Kier alpha value is -2.77. The molecule has 106 valence electrons. The van der Waals surface area contributed by atoms with Crippen LogP contribution in [-0.2, 0) is 0 Å². The number of carbonyl (C=O) groups excluding carboxylic acids is 1. The molecule has 0 aliphatic rings. The zero-order chi connectivity index (χ0) is 15.1. The quantitative estimate of drug-likeness (QED) is 0.740. The van der Waals surface area contributed by atoms with E-state index >= 15 is 0 Å². The van der Waals surface area contributed by atoms with Crippen LogP contribution >= 0.6 is 0 Å². The molecule has 2 amide bonds. The summed E-state index contributed by atoms with van der Waals surface area (Å²) < 4.78 is 0. The van der Waals surface area contributed by atoms with E-state index in [1.807, 2.05) is 43.3 Å². The molecular formula is C17H17N3O. The number of rotatable bonds is 2. The summed E-state index contributed by atoms with van der Waals surface area (Å²) in [5.74, 6) is 5.71. The van der Waals surface area contributed by atoms with E-state index in [9.17, 15) is 4.79 Å². The number of urea groups is 1. The third-order valence-electron chi connectivity index (χ3n) is 2.79. The van der Waals surface area contributed by atoms with Crippen LogP contribution < -0.4 is 16.4 Å². The van der Waals surface area contributed by atoms with E-state index in [1.165, 1.54) is 0 Å². The van der Waals surface area contributed by atoms with Crippen molar-refractivity contribution >= 4 is 17.4 Å². The molecule has 0 bridgehead atoms. The third-order valence-corrected chi connectivity index (χ3v) is 2.79. The molecule has 2 aromatic rings. The molecular weight excluding hydrogens is 262 g/mol. The minimum atomic E-state index is -0.278. The highest BCUT2D eigenvalue weighted by Gasteiger charge is 2.02. The number of anilines is 2. The molecule has 0 heterocycles. The van der Waals surface area contributed by atoms with Gasteiger partial charge in [-0.25, -0.2) is 4.79 Å². The van der Waals surface area contributed by atoms with E-state index < -0.39 is 0 Å². The summed E-state index contributed by atoms with van der Waals surface area (Å²) in [6.45, 7) is 2.33. The largest absolute Gasteiger partial charge is 0.323 e. The van der Waals surface area contributed by atoms with Gasteiger partial charge >= 0.3 is 6.03 Å². The van der Waals surface area contributed by atoms with Gasteiger partial charge in [0.05, 0.1) is 6.54 Å². The van der Waals surface area contributed by atoms with Gasteiger partial charge in [0, 0.05) is 16.9 Å². The standard InChI is InChI=1S/C17H17N3O/c1-13-4-8-15(9-5-13)19-17(21)20-16-10-6-14(7-11-16)3-2-12-18/h4-11H,12,18H2,1H3,(H2,19,20,21). The molecule has 0 unspecified atom stereocenters. The van der Waals surface area contributed by atoms with Crippen molar-refractivity contribution < 1.29 is 4.79 Å². The average molecular weight is 279 g/mol. The molecule has 4 N–H and O–H groups in total. The number of nitrogens with one attached hydrogen (secondary N) is 2. The van der Waals surface area contributed by atoms with E-state index in [4.69, 9.17) is 5.73 Å². The Labute approximate surface area is 124 Å². The van der Waals surface area contributed by atoms with Gasteiger partial charge in [0.1, 0.15) is 0 Å². The first-order valence-electron chi connectivity index (χ1n) is 6.61. The molecule has 2 rings (SSSR count). The number of aryl methyl sites for hydroxylation is 1. The van der Waals surface area contributed by atoms with Crippen LogP contribution in [0.5, 0.6) is 0 Å². The van der Waals surface area contributed by atoms with E-state index in [0.717, 1.165) is 16.8 Å². The van der Waals surface area contributed by atoms with Crippen molar-refractivity contribution in [3.05, 3.63) is 59.7 Å². The van der Waals surface area contributed by atoms with Crippen LogP contribution in [0.15, 0.2) is 48.5 Å². The van der Waals surface area contributed by atoms with Crippen molar-refractivity contribution in [1.82, 2.24) is 0 Å². The topological polar surface area (TPSA) is 67.2 Å². The SMILES string of the molecule is Cc1ccc(NC(=O)Nc2ccc(C#CCN)cc2)cc1. The molecule has 0 aliphatic carbocycles. The van der Waals surface area contributed by atoms with Crippen LogP contribution in [0.1, 0.15) is 11.1 Å².